The molecule has 0 fully saturated rings. The Morgan fingerprint density at radius 2 is 1.82 bits per heavy atom. The molecule has 0 unspecified atom stereocenters. The number of nitrogens with zero attached hydrogens (tertiary/aromatic N) is 2. The number of halogens is 1. The van der Waals surface area contributed by atoms with Crippen molar-refractivity contribution in [3.8, 4) is 0 Å². The number of benzene rings is 2. The first kappa shape index (κ1) is 13.5. The third-order valence-corrected chi connectivity index (χ3v) is 4.52. The van der Waals surface area contributed by atoms with Crippen LogP contribution in [0, 0.1) is 0 Å². The highest BCUT2D eigenvalue weighted by molar-refractivity contribution is 9.10. The number of aryl methyl sites for hydroxylation is 1. The lowest BCUT2D eigenvalue weighted by Gasteiger charge is -2.03. The van der Waals surface area contributed by atoms with E-state index >= 15 is 0 Å². The molecule has 0 bridgehead atoms. The molecule has 0 spiro atoms. The fraction of sp³-hybridized carbons (Fsp3) is 0.105. The SMILES string of the molecule is Cn1cc(Cc2ccc3ccccc3c2)c2ccc(Br)nc21. The Bertz CT molecular complexity index is 985. The van der Waals surface area contributed by atoms with Gasteiger partial charge in [-0.15, -0.1) is 0 Å². The van der Waals surface area contributed by atoms with E-state index in [1.165, 1.54) is 27.3 Å². The van der Waals surface area contributed by atoms with E-state index in [4.69, 9.17) is 0 Å². The highest BCUT2D eigenvalue weighted by atomic mass is 79.9. The van der Waals surface area contributed by atoms with Crippen LogP contribution in [0.4, 0.5) is 0 Å². The molecule has 2 aromatic carbocycles. The molecule has 4 rings (SSSR count). The van der Waals surface area contributed by atoms with Crippen molar-refractivity contribution in [3.05, 3.63) is 76.5 Å². The van der Waals surface area contributed by atoms with Crippen molar-refractivity contribution in [3.63, 3.8) is 0 Å². The quantitative estimate of drug-likeness (QED) is 0.461. The van der Waals surface area contributed by atoms with Crippen LogP contribution in [0.2, 0.25) is 0 Å². The van der Waals surface area contributed by atoms with Gasteiger partial charge in [0.15, 0.2) is 0 Å². The fourth-order valence-corrected chi connectivity index (χ4v) is 3.32. The summed E-state index contributed by atoms with van der Waals surface area (Å²) in [5.74, 6) is 0. The van der Waals surface area contributed by atoms with Crippen molar-refractivity contribution < 1.29 is 0 Å². The molecule has 3 heteroatoms. The fourth-order valence-electron chi connectivity index (χ4n) is 3.02. The monoisotopic (exact) mass is 350 g/mol. The number of hydrogen-bond acceptors (Lipinski definition) is 1. The van der Waals surface area contributed by atoms with Gasteiger partial charge in [0.2, 0.25) is 0 Å². The molecule has 0 saturated heterocycles. The van der Waals surface area contributed by atoms with Crippen LogP contribution in [0.5, 0.6) is 0 Å². The Hall–Kier alpha value is -2.13. The zero-order valence-corrected chi connectivity index (χ0v) is 13.8. The lowest BCUT2D eigenvalue weighted by atomic mass is 10.0. The lowest BCUT2D eigenvalue weighted by molar-refractivity contribution is 0.937. The lowest BCUT2D eigenvalue weighted by Crippen LogP contribution is -1.87. The topological polar surface area (TPSA) is 17.8 Å². The van der Waals surface area contributed by atoms with Crippen LogP contribution in [0.15, 0.2) is 65.4 Å². The van der Waals surface area contributed by atoms with E-state index in [9.17, 15) is 0 Å². The van der Waals surface area contributed by atoms with Crippen LogP contribution in [0.3, 0.4) is 0 Å². The Kier molecular flexibility index (Phi) is 3.23. The van der Waals surface area contributed by atoms with Gasteiger partial charge in [-0.25, -0.2) is 4.98 Å². The third kappa shape index (κ3) is 2.32. The van der Waals surface area contributed by atoms with Crippen molar-refractivity contribution in [2.75, 3.05) is 0 Å². The Morgan fingerprint density at radius 3 is 2.68 bits per heavy atom. The summed E-state index contributed by atoms with van der Waals surface area (Å²) in [6, 6.07) is 19.3. The average molecular weight is 351 g/mol. The zero-order chi connectivity index (χ0) is 15.1. The van der Waals surface area contributed by atoms with E-state index in [1.807, 2.05) is 13.1 Å². The van der Waals surface area contributed by atoms with Crippen LogP contribution in [0.25, 0.3) is 21.8 Å². The molecule has 2 nitrogen and oxygen atoms in total. The van der Waals surface area contributed by atoms with E-state index < -0.39 is 0 Å². The van der Waals surface area contributed by atoms with Gasteiger partial charge in [-0.05, 0) is 56.4 Å². The maximum Gasteiger partial charge on any atom is 0.141 e. The minimum absolute atomic E-state index is 0.874. The average Bonchev–Trinajstić information content (AvgIpc) is 2.83. The maximum absolute atomic E-state index is 4.57. The summed E-state index contributed by atoms with van der Waals surface area (Å²) in [5.41, 5.74) is 3.66. The van der Waals surface area contributed by atoms with E-state index in [2.05, 4.69) is 80.2 Å². The van der Waals surface area contributed by atoms with Crippen LogP contribution in [0.1, 0.15) is 11.1 Å². The Balaban J connectivity index is 1.79. The maximum atomic E-state index is 4.57. The van der Waals surface area contributed by atoms with Crippen LogP contribution >= 0.6 is 15.9 Å². The van der Waals surface area contributed by atoms with Gasteiger partial charge in [0.05, 0.1) is 0 Å². The van der Waals surface area contributed by atoms with Gasteiger partial charge >= 0.3 is 0 Å². The second-order valence-corrected chi connectivity index (χ2v) is 6.44. The van der Waals surface area contributed by atoms with Gasteiger partial charge in [-0.2, -0.15) is 0 Å². The molecule has 0 radical (unpaired) electrons. The van der Waals surface area contributed by atoms with Gasteiger partial charge in [0, 0.05) is 18.6 Å². The second kappa shape index (κ2) is 5.25. The molecule has 0 aliphatic heterocycles. The molecule has 0 atom stereocenters. The van der Waals surface area contributed by atoms with E-state index in [1.54, 1.807) is 0 Å². The summed E-state index contributed by atoms with van der Waals surface area (Å²) in [7, 11) is 2.05. The molecule has 0 N–H and O–H groups in total. The largest absolute Gasteiger partial charge is 0.335 e. The van der Waals surface area contributed by atoms with Gasteiger partial charge in [-0.1, -0.05) is 42.5 Å². The molecule has 108 valence electrons. The zero-order valence-electron chi connectivity index (χ0n) is 12.3. The minimum Gasteiger partial charge on any atom is -0.335 e. The summed E-state index contributed by atoms with van der Waals surface area (Å²) in [6.07, 6.45) is 3.10. The molecule has 2 heterocycles. The number of rotatable bonds is 2. The standard InChI is InChI=1S/C19H15BrN2/c1-22-12-16(17-8-9-18(20)21-19(17)22)11-13-6-7-14-4-2-3-5-15(14)10-13/h2-10,12H,11H2,1H3. The highest BCUT2D eigenvalue weighted by Gasteiger charge is 2.09. The normalized spacial score (nSPS) is 11.4. The first-order valence-electron chi connectivity index (χ1n) is 7.29. The molecular formula is C19H15BrN2. The highest BCUT2D eigenvalue weighted by Crippen LogP contribution is 2.25. The molecule has 2 aromatic heterocycles. The summed E-state index contributed by atoms with van der Waals surface area (Å²) in [4.78, 5) is 4.57. The Labute approximate surface area is 137 Å². The van der Waals surface area contributed by atoms with Crippen molar-refractivity contribution >= 4 is 37.7 Å². The van der Waals surface area contributed by atoms with Gasteiger partial charge in [0.1, 0.15) is 10.3 Å². The van der Waals surface area contributed by atoms with Gasteiger partial charge in [0.25, 0.3) is 0 Å². The Morgan fingerprint density at radius 1 is 1.00 bits per heavy atom. The third-order valence-electron chi connectivity index (χ3n) is 4.08. The first-order valence-corrected chi connectivity index (χ1v) is 8.08. The molecule has 0 aliphatic carbocycles. The smallest absolute Gasteiger partial charge is 0.141 e. The second-order valence-electron chi connectivity index (χ2n) is 5.63. The van der Waals surface area contributed by atoms with Crippen molar-refractivity contribution in [2.24, 2.45) is 7.05 Å². The summed E-state index contributed by atoms with van der Waals surface area (Å²) < 4.78 is 2.97. The van der Waals surface area contributed by atoms with Crippen molar-refractivity contribution in [1.29, 1.82) is 0 Å². The van der Waals surface area contributed by atoms with Crippen LogP contribution in [-0.4, -0.2) is 9.55 Å². The van der Waals surface area contributed by atoms with Gasteiger partial charge < -0.3 is 4.57 Å². The van der Waals surface area contributed by atoms with E-state index in [0.29, 0.717) is 0 Å². The molecule has 4 aromatic rings. The van der Waals surface area contributed by atoms with Crippen LogP contribution < -0.4 is 0 Å². The van der Waals surface area contributed by atoms with E-state index in [0.717, 1.165) is 16.7 Å². The molecule has 0 amide bonds. The molecular weight excluding hydrogens is 336 g/mol. The molecule has 0 aliphatic rings. The number of pyridine rings is 1. The number of aromatic nitrogens is 2. The predicted octanol–water partition coefficient (Wildman–Crippen LogP) is 5.08. The number of hydrogen-bond donors (Lipinski definition) is 0. The first-order chi connectivity index (χ1) is 10.7. The van der Waals surface area contributed by atoms with Crippen LogP contribution in [-0.2, 0) is 13.5 Å². The molecule has 22 heavy (non-hydrogen) atoms. The predicted molar refractivity (Wildman–Crippen MR) is 95.2 cm³/mol. The summed E-state index contributed by atoms with van der Waals surface area (Å²) >= 11 is 3.45. The number of fused-ring (bicyclic) bond motifs is 2. The summed E-state index contributed by atoms with van der Waals surface area (Å²) in [5, 5.41) is 3.80. The van der Waals surface area contributed by atoms with Gasteiger partial charge in [-0.3, -0.25) is 0 Å². The molecule has 0 saturated carbocycles. The van der Waals surface area contributed by atoms with E-state index in [-0.39, 0.29) is 0 Å². The van der Waals surface area contributed by atoms with Crippen molar-refractivity contribution in [1.82, 2.24) is 9.55 Å². The minimum atomic E-state index is 0.874. The summed E-state index contributed by atoms with van der Waals surface area (Å²) in [6.45, 7) is 0. The van der Waals surface area contributed by atoms with Crippen molar-refractivity contribution in [2.45, 2.75) is 6.42 Å².